The van der Waals surface area contributed by atoms with Crippen LogP contribution in [-0.2, 0) is 16.6 Å². The molecule has 96 valence electrons. The molecule has 1 aromatic heterocycles. The number of benzene rings is 1. The molecular weight excluding hydrogens is 325 g/mol. The second-order valence-electron chi connectivity index (χ2n) is 3.44. The fraction of sp³-hybridized carbons (Fsp3) is 0.100. The number of nitrogens with one attached hydrogen (secondary N) is 2. The Hall–Kier alpha value is -1.25. The van der Waals surface area contributed by atoms with Crippen molar-refractivity contribution in [3.63, 3.8) is 0 Å². The molecule has 0 fully saturated rings. The van der Waals surface area contributed by atoms with Gasteiger partial charge in [0.2, 0.25) is 10.0 Å². The fourth-order valence-electron chi connectivity index (χ4n) is 1.33. The molecule has 0 radical (unpaired) electrons. The lowest BCUT2D eigenvalue weighted by Gasteiger charge is -2.07. The lowest BCUT2D eigenvalue weighted by Crippen LogP contribution is -2.24. The van der Waals surface area contributed by atoms with Crippen LogP contribution in [0, 0.1) is 5.82 Å². The average Bonchev–Trinajstić information content (AvgIpc) is 2.78. The van der Waals surface area contributed by atoms with Crippen LogP contribution < -0.4 is 4.72 Å². The molecule has 2 aromatic rings. The Bertz CT molecular complexity index is 643. The molecule has 0 spiro atoms. The largest absolute Gasteiger partial charge is 0.347 e. The van der Waals surface area contributed by atoms with Gasteiger partial charge in [-0.1, -0.05) is 0 Å². The first-order chi connectivity index (χ1) is 8.49. The highest BCUT2D eigenvalue weighted by Crippen LogP contribution is 2.22. The van der Waals surface area contributed by atoms with E-state index in [1.54, 1.807) is 6.20 Å². The Morgan fingerprint density at radius 1 is 1.44 bits per heavy atom. The summed E-state index contributed by atoms with van der Waals surface area (Å²) in [6, 6.07) is 3.39. The zero-order valence-corrected chi connectivity index (χ0v) is 11.4. The van der Waals surface area contributed by atoms with E-state index in [9.17, 15) is 12.8 Å². The third-order valence-corrected chi connectivity index (χ3v) is 4.55. The summed E-state index contributed by atoms with van der Waals surface area (Å²) < 4.78 is 39.3. The van der Waals surface area contributed by atoms with Gasteiger partial charge in [0.25, 0.3) is 0 Å². The van der Waals surface area contributed by atoms with E-state index in [0.29, 0.717) is 5.82 Å². The van der Waals surface area contributed by atoms with Crippen LogP contribution in [0.3, 0.4) is 0 Å². The van der Waals surface area contributed by atoms with Crippen LogP contribution in [0.1, 0.15) is 5.82 Å². The van der Waals surface area contributed by atoms with Gasteiger partial charge in [-0.15, -0.1) is 0 Å². The molecule has 0 atom stereocenters. The first kappa shape index (κ1) is 13.2. The molecule has 0 unspecified atom stereocenters. The van der Waals surface area contributed by atoms with Crippen molar-refractivity contribution in [3.05, 3.63) is 46.7 Å². The average molecular weight is 334 g/mol. The molecule has 5 nitrogen and oxygen atoms in total. The summed E-state index contributed by atoms with van der Waals surface area (Å²) in [6.07, 6.45) is 3.12. The normalized spacial score (nSPS) is 11.7. The number of nitrogens with zero attached hydrogens (tertiary/aromatic N) is 1. The van der Waals surface area contributed by atoms with Crippen molar-refractivity contribution in [1.82, 2.24) is 14.7 Å². The molecule has 0 amide bonds. The predicted octanol–water partition coefficient (Wildman–Crippen LogP) is 1.79. The summed E-state index contributed by atoms with van der Waals surface area (Å²) >= 11 is 3.02. The van der Waals surface area contributed by atoms with E-state index in [-0.39, 0.29) is 15.9 Å². The van der Waals surface area contributed by atoms with Crippen molar-refractivity contribution in [3.8, 4) is 0 Å². The molecule has 1 aromatic carbocycles. The van der Waals surface area contributed by atoms with Crippen LogP contribution >= 0.6 is 15.9 Å². The van der Waals surface area contributed by atoms with Gasteiger partial charge in [-0.3, -0.25) is 0 Å². The highest BCUT2D eigenvalue weighted by molar-refractivity contribution is 9.10. The summed E-state index contributed by atoms with van der Waals surface area (Å²) in [5.41, 5.74) is 0. The topological polar surface area (TPSA) is 74.8 Å². The SMILES string of the molecule is O=S(=O)(NCc1ncc[nH]1)c1ccc(F)cc1Br. The number of aromatic amines is 1. The Kier molecular flexibility index (Phi) is 3.79. The number of hydrogen-bond acceptors (Lipinski definition) is 3. The van der Waals surface area contributed by atoms with Crippen LogP contribution in [0.25, 0.3) is 0 Å². The van der Waals surface area contributed by atoms with Crippen molar-refractivity contribution >= 4 is 26.0 Å². The van der Waals surface area contributed by atoms with Crippen LogP contribution in [0.2, 0.25) is 0 Å². The minimum atomic E-state index is -3.71. The second-order valence-corrected chi connectivity index (χ2v) is 6.02. The third-order valence-electron chi connectivity index (χ3n) is 2.17. The van der Waals surface area contributed by atoms with Crippen molar-refractivity contribution < 1.29 is 12.8 Å². The summed E-state index contributed by atoms with van der Waals surface area (Å²) in [4.78, 5) is 6.65. The van der Waals surface area contributed by atoms with Gasteiger partial charge >= 0.3 is 0 Å². The van der Waals surface area contributed by atoms with Gasteiger partial charge in [0.1, 0.15) is 11.6 Å². The minimum Gasteiger partial charge on any atom is -0.347 e. The van der Waals surface area contributed by atoms with E-state index in [0.717, 1.165) is 12.1 Å². The van der Waals surface area contributed by atoms with Crippen LogP contribution in [0.5, 0.6) is 0 Å². The highest BCUT2D eigenvalue weighted by atomic mass is 79.9. The number of H-pyrrole nitrogens is 1. The van der Waals surface area contributed by atoms with Crippen molar-refractivity contribution in [2.75, 3.05) is 0 Å². The number of hydrogen-bond donors (Lipinski definition) is 2. The summed E-state index contributed by atoms with van der Waals surface area (Å²) in [7, 11) is -3.71. The number of rotatable bonds is 4. The first-order valence-electron chi connectivity index (χ1n) is 4.92. The molecule has 0 saturated heterocycles. The Morgan fingerprint density at radius 3 is 2.83 bits per heavy atom. The maximum atomic E-state index is 12.9. The molecular formula is C10H9BrFN3O2S. The minimum absolute atomic E-state index is 0.0181. The van der Waals surface area contributed by atoms with E-state index in [1.165, 1.54) is 12.3 Å². The van der Waals surface area contributed by atoms with Crippen LogP contribution in [0.4, 0.5) is 4.39 Å². The quantitative estimate of drug-likeness (QED) is 0.895. The molecule has 18 heavy (non-hydrogen) atoms. The molecule has 0 aliphatic carbocycles. The zero-order valence-electron chi connectivity index (χ0n) is 9.02. The van der Waals surface area contributed by atoms with Crippen LogP contribution in [-0.4, -0.2) is 18.4 Å². The monoisotopic (exact) mass is 333 g/mol. The van der Waals surface area contributed by atoms with Gasteiger partial charge in [0, 0.05) is 16.9 Å². The second kappa shape index (κ2) is 5.17. The molecule has 0 saturated carbocycles. The van der Waals surface area contributed by atoms with Crippen molar-refractivity contribution in [1.29, 1.82) is 0 Å². The van der Waals surface area contributed by atoms with E-state index in [4.69, 9.17) is 0 Å². The molecule has 2 rings (SSSR count). The van der Waals surface area contributed by atoms with E-state index < -0.39 is 15.8 Å². The molecule has 1 heterocycles. The fourth-order valence-corrected chi connectivity index (χ4v) is 3.36. The van der Waals surface area contributed by atoms with E-state index in [2.05, 4.69) is 30.6 Å². The lowest BCUT2D eigenvalue weighted by atomic mass is 10.3. The standard InChI is InChI=1S/C10H9BrFN3O2S/c11-8-5-7(12)1-2-9(8)18(16,17)15-6-10-13-3-4-14-10/h1-5,15H,6H2,(H,13,14). The van der Waals surface area contributed by atoms with Gasteiger partial charge in [-0.05, 0) is 34.1 Å². The number of sulfonamides is 1. The molecule has 0 bridgehead atoms. The van der Waals surface area contributed by atoms with E-state index in [1.807, 2.05) is 0 Å². The predicted molar refractivity (Wildman–Crippen MR) is 66.7 cm³/mol. The number of halogens is 2. The van der Waals surface area contributed by atoms with Crippen LogP contribution in [0.15, 0.2) is 40.0 Å². The van der Waals surface area contributed by atoms with Crippen molar-refractivity contribution in [2.45, 2.75) is 11.4 Å². The molecule has 0 aliphatic rings. The smallest absolute Gasteiger partial charge is 0.242 e. The Balaban J connectivity index is 2.20. The Morgan fingerprint density at radius 2 is 2.22 bits per heavy atom. The van der Waals surface area contributed by atoms with Gasteiger partial charge in [0.05, 0.1) is 11.4 Å². The first-order valence-corrected chi connectivity index (χ1v) is 7.19. The summed E-state index contributed by atoms with van der Waals surface area (Å²) in [5.74, 6) is -0.0105. The maximum absolute atomic E-state index is 12.9. The molecule has 2 N–H and O–H groups in total. The zero-order chi connectivity index (χ0) is 13.2. The number of aromatic nitrogens is 2. The van der Waals surface area contributed by atoms with Gasteiger partial charge in [-0.2, -0.15) is 0 Å². The molecule has 0 aliphatic heterocycles. The summed E-state index contributed by atoms with van der Waals surface area (Å²) in [5, 5.41) is 0. The van der Waals surface area contributed by atoms with E-state index >= 15 is 0 Å². The number of imidazole rings is 1. The van der Waals surface area contributed by atoms with Gasteiger partial charge in [0.15, 0.2) is 0 Å². The third kappa shape index (κ3) is 2.95. The lowest BCUT2D eigenvalue weighted by molar-refractivity contribution is 0.578. The van der Waals surface area contributed by atoms with Crippen molar-refractivity contribution in [2.24, 2.45) is 0 Å². The summed E-state index contributed by atoms with van der Waals surface area (Å²) in [6.45, 7) is 0.0408. The van der Waals surface area contributed by atoms with Gasteiger partial charge in [-0.25, -0.2) is 22.5 Å². The highest BCUT2D eigenvalue weighted by Gasteiger charge is 2.18. The van der Waals surface area contributed by atoms with Gasteiger partial charge < -0.3 is 4.98 Å². The maximum Gasteiger partial charge on any atom is 0.242 e. The Labute approximate surface area is 112 Å². The molecule has 8 heteroatoms.